The van der Waals surface area contributed by atoms with E-state index in [0.717, 1.165) is 11.3 Å². The molecule has 0 aliphatic rings. The maximum atomic E-state index is 11.7. The van der Waals surface area contributed by atoms with Crippen LogP contribution in [0.4, 0.5) is 10.5 Å². The number of carbonyl (C=O) groups is 1. The molecule has 0 bridgehead atoms. The number of anilines is 1. The summed E-state index contributed by atoms with van der Waals surface area (Å²) in [6.45, 7) is 0.548. The second-order valence-corrected chi connectivity index (χ2v) is 7.00. The van der Waals surface area contributed by atoms with E-state index >= 15 is 0 Å². The number of hydrogen-bond acceptors (Lipinski definition) is 2. The summed E-state index contributed by atoms with van der Waals surface area (Å²) in [5.74, 6) is 1.47. The molecule has 0 spiro atoms. The van der Waals surface area contributed by atoms with Crippen molar-refractivity contribution in [3.8, 4) is 0 Å². The fourth-order valence-corrected chi connectivity index (χ4v) is 3.51. The molecule has 0 aliphatic carbocycles. The van der Waals surface area contributed by atoms with Crippen LogP contribution in [0.25, 0.3) is 0 Å². The zero-order chi connectivity index (χ0) is 16.7. The number of amides is 2. The average Bonchev–Trinajstić information content (AvgIpc) is 2.52. The van der Waals surface area contributed by atoms with Gasteiger partial charge in [-0.1, -0.05) is 40.9 Å². The molecule has 0 heterocycles. The minimum Gasteiger partial charge on any atom is -0.337 e. The summed E-state index contributed by atoms with van der Waals surface area (Å²) < 4.78 is 0. The third kappa shape index (κ3) is 6.15. The minimum atomic E-state index is -0.247. The quantitative estimate of drug-likeness (QED) is 0.622. The van der Waals surface area contributed by atoms with Crippen LogP contribution in [0.1, 0.15) is 5.56 Å². The van der Waals surface area contributed by atoms with Gasteiger partial charge in [0.05, 0.1) is 0 Å². The zero-order valence-electron chi connectivity index (χ0n) is 12.1. The lowest BCUT2D eigenvalue weighted by molar-refractivity contribution is 0.252. The lowest BCUT2D eigenvalue weighted by atomic mass is 10.2. The van der Waals surface area contributed by atoms with E-state index in [1.165, 1.54) is 0 Å². The van der Waals surface area contributed by atoms with Crippen LogP contribution in [0.15, 0.2) is 42.5 Å². The number of hydrogen-bond donors (Lipinski definition) is 2. The first kappa shape index (κ1) is 18.3. The number of thioether (sulfide) groups is 1. The van der Waals surface area contributed by atoms with Crippen LogP contribution in [0.2, 0.25) is 15.1 Å². The van der Waals surface area contributed by atoms with E-state index in [2.05, 4.69) is 10.6 Å². The first-order valence-corrected chi connectivity index (χ1v) is 9.16. The van der Waals surface area contributed by atoms with Gasteiger partial charge < -0.3 is 10.6 Å². The predicted molar refractivity (Wildman–Crippen MR) is 101 cm³/mol. The van der Waals surface area contributed by atoms with E-state index in [-0.39, 0.29) is 6.03 Å². The highest BCUT2D eigenvalue weighted by Gasteiger charge is 2.05. The molecule has 0 unspecified atom stereocenters. The Kier molecular flexibility index (Phi) is 7.37. The molecule has 0 fully saturated rings. The Morgan fingerprint density at radius 1 is 1.00 bits per heavy atom. The van der Waals surface area contributed by atoms with Crippen LogP contribution in [0.3, 0.4) is 0 Å². The second-order valence-electron chi connectivity index (χ2n) is 4.64. The van der Waals surface area contributed by atoms with Gasteiger partial charge in [0.15, 0.2) is 0 Å². The molecular formula is C16H15Cl3N2OS. The van der Waals surface area contributed by atoms with Gasteiger partial charge in [-0.25, -0.2) is 4.79 Å². The lowest BCUT2D eigenvalue weighted by Gasteiger charge is -2.09. The van der Waals surface area contributed by atoms with E-state index in [1.807, 2.05) is 18.2 Å². The molecule has 2 aromatic rings. The molecule has 0 atom stereocenters. The molecule has 122 valence electrons. The van der Waals surface area contributed by atoms with Crippen molar-refractivity contribution < 1.29 is 4.79 Å². The molecule has 2 aromatic carbocycles. The highest BCUT2D eigenvalue weighted by Crippen LogP contribution is 2.27. The predicted octanol–water partition coefficient (Wildman–Crippen LogP) is 5.70. The Bertz CT molecular complexity index is 645. The number of halogens is 3. The number of rotatable bonds is 6. The van der Waals surface area contributed by atoms with Gasteiger partial charge in [0.25, 0.3) is 0 Å². The number of nitrogens with one attached hydrogen (secondary N) is 2. The summed E-state index contributed by atoms with van der Waals surface area (Å²) in [7, 11) is 0. The highest BCUT2D eigenvalue weighted by molar-refractivity contribution is 7.98. The number of benzene rings is 2. The van der Waals surface area contributed by atoms with Crippen LogP contribution >= 0.6 is 46.6 Å². The van der Waals surface area contributed by atoms with E-state index in [1.54, 1.807) is 36.0 Å². The smallest absolute Gasteiger partial charge is 0.319 e. The molecule has 3 nitrogen and oxygen atoms in total. The topological polar surface area (TPSA) is 41.1 Å². The van der Waals surface area contributed by atoms with Crippen LogP contribution < -0.4 is 10.6 Å². The van der Waals surface area contributed by atoms with Crippen molar-refractivity contribution >= 4 is 58.3 Å². The lowest BCUT2D eigenvalue weighted by Crippen LogP contribution is -2.30. The Morgan fingerprint density at radius 2 is 1.65 bits per heavy atom. The van der Waals surface area contributed by atoms with Crippen LogP contribution in [-0.4, -0.2) is 18.3 Å². The molecule has 0 saturated heterocycles. The van der Waals surface area contributed by atoms with Crippen molar-refractivity contribution in [3.05, 3.63) is 63.1 Å². The van der Waals surface area contributed by atoms with Crippen molar-refractivity contribution in [3.63, 3.8) is 0 Å². The van der Waals surface area contributed by atoms with Crippen molar-refractivity contribution in [2.45, 2.75) is 5.75 Å². The summed E-state index contributed by atoms with van der Waals surface area (Å²) >= 11 is 19.7. The van der Waals surface area contributed by atoms with E-state index < -0.39 is 0 Å². The van der Waals surface area contributed by atoms with Crippen LogP contribution in [-0.2, 0) is 5.75 Å². The van der Waals surface area contributed by atoms with Crippen molar-refractivity contribution in [2.24, 2.45) is 0 Å². The largest absolute Gasteiger partial charge is 0.337 e. The SMILES string of the molecule is O=C(NCCSCc1c(Cl)cccc1Cl)Nc1ccc(Cl)cc1. The van der Waals surface area contributed by atoms with E-state index in [9.17, 15) is 4.79 Å². The molecule has 0 radical (unpaired) electrons. The Hall–Kier alpha value is -1.07. The summed E-state index contributed by atoms with van der Waals surface area (Å²) in [4.78, 5) is 11.7. The van der Waals surface area contributed by atoms with Gasteiger partial charge in [-0.15, -0.1) is 0 Å². The van der Waals surface area contributed by atoms with Gasteiger partial charge in [-0.2, -0.15) is 11.8 Å². The summed E-state index contributed by atoms with van der Waals surface area (Å²) in [6, 6.07) is 12.2. The monoisotopic (exact) mass is 388 g/mol. The molecule has 0 aromatic heterocycles. The summed E-state index contributed by atoms with van der Waals surface area (Å²) in [5, 5.41) is 7.49. The van der Waals surface area contributed by atoms with E-state index in [0.29, 0.717) is 33.1 Å². The fourth-order valence-electron chi connectivity index (χ4n) is 1.79. The molecule has 7 heteroatoms. The summed E-state index contributed by atoms with van der Waals surface area (Å²) in [6.07, 6.45) is 0. The van der Waals surface area contributed by atoms with Gasteiger partial charge in [-0.3, -0.25) is 0 Å². The van der Waals surface area contributed by atoms with Gasteiger partial charge >= 0.3 is 6.03 Å². The molecule has 2 amide bonds. The van der Waals surface area contributed by atoms with E-state index in [4.69, 9.17) is 34.8 Å². The van der Waals surface area contributed by atoms with Crippen LogP contribution in [0.5, 0.6) is 0 Å². The Labute approximate surface area is 154 Å². The van der Waals surface area contributed by atoms with Crippen molar-refractivity contribution in [2.75, 3.05) is 17.6 Å². The Balaban J connectivity index is 1.67. The molecular weight excluding hydrogens is 375 g/mol. The normalized spacial score (nSPS) is 10.4. The van der Waals surface area contributed by atoms with Gasteiger partial charge in [0.2, 0.25) is 0 Å². The Morgan fingerprint density at radius 3 is 2.30 bits per heavy atom. The first-order valence-electron chi connectivity index (χ1n) is 6.87. The van der Waals surface area contributed by atoms with Crippen molar-refractivity contribution in [1.29, 1.82) is 0 Å². The molecule has 2 N–H and O–H groups in total. The first-order chi connectivity index (χ1) is 11.1. The van der Waals surface area contributed by atoms with Crippen molar-refractivity contribution in [1.82, 2.24) is 5.32 Å². The molecule has 0 aliphatic heterocycles. The highest BCUT2D eigenvalue weighted by atomic mass is 35.5. The third-order valence-corrected chi connectivity index (χ3v) is 4.89. The third-order valence-electron chi connectivity index (χ3n) is 2.94. The second kappa shape index (κ2) is 9.28. The molecule has 0 saturated carbocycles. The standard InChI is InChI=1S/C16H15Cl3N2OS/c17-11-4-6-12(7-5-11)21-16(22)20-8-9-23-10-13-14(18)2-1-3-15(13)19/h1-7H,8-10H2,(H2,20,21,22). The molecule has 2 rings (SSSR count). The fraction of sp³-hybridized carbons (Fsp3) is 0.188. The average molecular weight is 390 g/mol. The number of urea groups is 1. The van der Waals surface area contributed by atoms with Gasteiger partial charge in [-0.05, 0) is 42.0 Å². The summed E-state index contributed by atoms with van der Waals surface area (Å²) in [5.41, 5.74) is 1.62. The zero-order valence-corrected chi connectivity index (χ0v) is 15.2. The van der Waals surface area contributed by atoms with Crippen LogP contribution in [0, 0.1) is 0 Å². The van der Waals surface area contributed by atoms with Gasteiger partial charge in [0, 0.05) is 38.8 Å². The molecule has 23 heavy (non-hydrogen) atoms. The minimum absolute atomic E-state index is 0.247. The maximum absolute atomic E-state index is 11.7. The van der Waals surface area contributed by atoms with Gasteiger partial charge in [0.1, 0.15) is 0 Å². The maximum Gasteiger partial charge on any atom is 0.319 e. The number of carbonyl (C=O) groups excluding carboxylic acids is 1.